The van der Waals surface area contributed by atoms with Crippen LogP contribution in [0.3, 0.4) is 0 Å². The Hall–Kier alpha value is -3.55. The van der Waals surface area contributed by atoms with Gasteiger partial charge in [-0.15, -0.1) is 0 Å². The first-order chi connectivity index (χ1) is 13.8. The van der Waals surface area contributed by atoms with Crippen LogP contribution in [0.5, 0.6) is 0 Å². The number of amides is 3. The number of nitrogens with zero attached hydrogens (tertiary/aromatic N) is 1. The number of ether oxygens (including phenoxy) is 1. The van der Waals surface area contributed by atoms with Gasteiger partial charge >= 0.3 is 5.97 Å². The number of fused-ring (bicyclic) bond motifs is 1. The van der Waals surface area contributed by atoms with Gasteiger partial charge in [-0.3, -0.25) is 19.3 Å². The van der Waals surface area contributed by atoms with E-state index in [9.17, 15) is 23.6 Å². The standard InChI is InChI=1S/C21H19FN2O5/c1-12(2)10-24-19(26)16-8-3-13(9-17(16)20(24)27)21(28)29-11-18(25)23-15-6-4-14(22)5-7-15/h3-9,12H,10-11H2,1-2H3,(H,23,25). The Bertz CT molecular complexity index is 985. The Morgan fingerprint density at radius 1 is 1.03 bits per heavy atom. The summed E-state index contributed by atoms with van der Waals surface area (Å²) < 4.78 is 17.8. The number of imide groups is 1. The summed E-state index contributed by atoms with van der Waals surface area (Å²) in [7, 11) is 0. The molecule has 0 saturated heterocycles. The monoisotopic (exact) mass is 398 g/mol. The highest BCUT2D eigenvalue weighted by Crippen LogP contribution is 2.25. The van der Waals surface area contributed by atoms with Crippen LogP contribution in [0.2, 0.25) is 0 Å². The van der Waals surface area contributed by atoms with Crippen molar-refractivity contribution in [1.29, 1.82) is 0 Å². The SMILES string of the molecule is CC(C)CN1C(=O)c2ccc(C(=O)OCC(=O)Nc3ccc(F)cc3)cc2C1=O. The molecule has 2 aromatic rings. The quantitative estimate of drug-likeness (QED) is 0.597. The van der Waals surface area contributed by atoms with Crippen LogP contribution in [0.4, 0.5) is 10.1 Å². The molecule has 8 heteroatoms. The first-order valence-corrected chi connectivity index (χ1v) is 8.99. The third-order valence-electron chi connectivity index (χ3n) is 4.22. The number of benzene rings is 2. The van der Waals surface area contributed by atoms with Crippen molar-refractivity contribution >= 4 is 29.4 Å². The van der Waals surface area contributed by atoms with E-state index >= 15 is 0 Å². The van der Waals surface area contributed by atoms with Gasteiger partial charge in [0.2, 0.25) is 0 Å². The van der Waals surface area contributed by atoms with Crippen LogP contribution in [-0.4, -0.2) is 41.7 Å². The minimum Gasteiger partial charge on any atom is -0.452 e. The highest BCUT2D eigenvalue weighted by atomic mass is 19.1. The maximum atomic E-state index is 12.9. The second kappa shape index (κ2) is 8.22. The van der Waals surface area contributed by atoms with Gasteiger partial charge in [-0.25, -0.2) is 9.18 Å². The molecule has 0 bridgehead atoms. The Morgan fingerprint density at radius 2 is 1.69 bits per heavy atom. The van der Waals surface area contributed by atoms with Crippen LogP contribution >= 0.6 is 0 Å². The summed E-state index contributed by atoms with van der Waals surface area (Å²) in [6, 6.07) is 9.21. The molecule has 3 rings (SSSR count). The summed E-state index contributed by atoms with van der Waals surface area (Å²) in [5.41, 5.74) is 0.798. The molecular weight excluding hydrogens is 379 g/mol. The maximum Gasteiger partial charge on any atom is 0.338 e. The highest BCUT2D eigenvalue weighted by Gasteiger charge is 2.36. The Morgan fingerprint density at radius 3 is 2.34 bits per heavy atom. The molecule has 1 aliphatic rings. The second-order valence-corrected chi connectivity index (χ2v) is 7.01. The van der Waals surface area contributed by atoms with E-state index in [0.29, 0.717) is 5.69 Å². The van der Waals surface area contributed by atoms with E-state index in [1.54, 1.807) is 0 Å². The zero-order chi connectivity index (χ0) is 21.1. The van der Waals surface area contributed by atoms with Gasteiger partial charge in [-0.05, 0) is 48.4 Å². The van der Waals surface area contributed by atoms with Gasteiger partial charge in [0.15, 0.2) is 6.61 Å². The second-order valence-electron chi connectivity index (χ2n) is 7.01. The number of rotatable bonds is 6. The topological polar surface area (TPSA) is 92.8 Å². The summed E-state index contributed by atoms with van der Waals surface area (Å²) in [6.07, 6.45) is 0. The van der Waals surface area contributed by atoms with Crippen LogP contribution in [0.25, 0.3) is 0 Å². The van der Waals surface area contributed by atoms with Crippen molar-refractivity contribution in [2.75, 3.05) is 18.5 Å². The van der Waals surface area contributed by atoms with Crippen LogP contribution in [0.15, 0.2) is 42.5 Å². The van der Waals surface area contributed by atoms with E-state index in [4.69, 9.17) is 4.74 Å². The Kier molecular flexibility index (Phi) is 5.72. The molecule has 0 saturated carbocycles. The van der Waals surface area contributed by atoms with E-state index < -0.39 is 36.1 Å². The molecule has 1 heterocycles. The van der Waals surface area contributed by atoms with Crippen LogP contribution in [-0.2, 0) is 9.53 Å². The average molecular weight is 398 g/mol. The first-order valence-electron chi connectivity index (χ1n) is 8.99. The molecule has 0 spiro atoms. The van der Waals surface area contributed by atoms with E-state index in [1.165, 1.54) is 42.5 Å². The molecule has 7 nitrogen and oxygen atoms in total. The first kappa shape index (κ1) is 20.2. The van der Waals surface area contributed by atoms with Gasteiger partial charge in [0.05, 0.1) is 16.7 Å². The molecule has 0 radical (unpaired) electrons. The van der Waals surface area contributed by atoms with Crippen molar-refractivity contribution in [2.45, 2.75) is 13.8 Å². The molecular formula is C21H19FN2O5. The molecule has 0 aliphatic carbocycles. The predicted octanol–water partition coefficient (Wildman–Crippen LogP) is 2.87. The summed E-state index contributed by atoms with van der Waals surface area (Å²) in [4.78, 5) is 50.1. The molecule has 1 aliphatic heterocycles. The Labute approximate surface area is 166 Å². The molecule has 3 amide bonds. The summed E-state index contributed by atoms with van der Waals surface area (Å²) in [5.74, 6) is -2.57. The van der Waals surface area contributed by atoms with Crippen molar-refractivity contribution in [3.63, 3.8) is 0 Å². The molecule has 2 aromatic carbocycles. The zero-order valence-electron chi connectivity index (χ0n) is 15.9. The van der Waals surface area contributed by atoms with Crippen molar-refractivity contribution in [1.82, 2.24) is 4.90 Å². The van der Waals surface area contributed by atoms with Crippen LogP contribution < -0.4 is 5.32 Å². The number of esters is 1. The lowest BCUT2D eigenvalue weighted by molar-refractivity contribution is -0.119. The van der Waals surface area contributed by atoms with Gasteiger partial charge in [0.1, 0.15) is 5.82 Å². The number of hydrogen-bond acceptors (Lipinski definition) is 5. The molecule has 150 valence electrons. The third kappa shape index (κ3) is 4.48. The molecule has 0 unspecified atom stereocenters. The largest absolute Gasteiger partial charge is 0.452 e. The third-order valence-corrected chi connectivity index (χ3v) is 4.22. The summed E-state index contributed by atoms with van der Waals surface area (Å²) >= 11 is 0. The van der Waals surface area contributed by atoms with E-state index in [2.05, 4.69) is 5.32 Å². The lowest BCUT2D eigenvalue weighted by Gasteiger charge is -2.15. The van der Waals surface area contributed by atoms with Crippen LogP contribution in [0.1, 0.15) is 44.9 Å². The van der Waals surface area contributed by atoms with Crippen LogP contribution in [0, 0.1) is 11.7 Å². The smallest absolute Gasteiger partial charge is 0.338 e. The zero-order valence-corrected chi connectivity index (χ0v) is 15.9. The number of carbonyl (C=O) groups excluding carboxylic acids is 4. The lowest BCUT2D eigenvalue weighted by atomic mass is 10.1. The number of carbonyl (C=O) groups is 4. The number of halogens is 1. The summed E-state index contributed by atoms with van der Waals surface area (Å²) in [6.45, 7) is 3.52. The molecule has 29 heavy (non-hydrogen) atoms. The number of anilines is 1. The molecule has 0 atom stereocenters. The van der Waals surface area contributed by atoms with Crippen molar-refractivity contribution in [3.05, 3.63) is 65.0 Å². The van der Waals surface area contributed by atoms with Gasteiger partial charge in [0.25, 0.3) is 17.7 Å². The van der Waals surface area contributed by atoms with Crippen molar-refractivity contribution in [3.8, 4) is 0 Å². The number of nitrogens with one attached hydrogen (secondary N) is 1. The minimum atomic E-state index is -0.801. The van der Waals surface area contributed by atoms with Crippen molar-refractivity contribution in [2.24, 2.45) is 5.92 Å². The van der Waals surface area contributed by atoms with Gasteiger partial charge in [-0.2, -0.15) is 0 Å². The average Bonchev–Trinajstić information content (AvgIpc) is 2.92. The highest BCUT2D eigenvalue weighted by molar-refractivity contribution is 6.22. The van der Waals surface area contributed by atoms with Gasteiger partial charge < -0.3 is 10.1 Å². The van der Waals surface area contributed by atoms with E-state index in [1.807, 2.05) is 13.8 Å². The van der Waals surface area contributed by atoms with Gasteiger partial charge in [-0.1, -0.05) is 13.8 Å². The Balaban J connectivity index is 1.63. The molecule has 1 N–H and O–H groups in total. The minimum absolute atomic E-state index is 0.0610. The van der Waals surface area contributed by atoms with E-state index in [-0.39, 0.29) is 29.2 Å². The fourth-order valence-electron chi connectivity index (χ4n) is 2.89. The van der Waals surface area contributed by atoms with Crippen molar-refractivity contribution < 1.29 is 28.3 Å². The van der Waals surface area contributed by atoms with E-state index in [0.717, 1.165) is 4.90 Å². The predicted molar refractivity (Wildman–Crippen MR) is 102 cm³/mol. The normalized spacial score (nSPS) is 12.9. The fourth-order valence-corrected chi connectivity index (χ4v) is 2.89. The molecule has 0 fully saturated rings. The lowest BCUT2D eigenvalue weighted by Crippen LogP contribution is -2.33. The molecule has 0 aromatic heterocycles. The van der Waals surface area contributed by atoms with Gasteiger partial charge in [0, 0.05) is 12.2 Å². The summed E-state index contributed by atoms with van der Waals surface area (Å²) in [5, 5.41) is 2.47. The fraction of sp³-hybridized carbons (Fsp3) is 0.238. The number of hydrogen-bond donors (Lipinski definition) is 1. The maximum absolute atomic E-state index is 12.9.